The van der Waals surface area contributed by atoms with Gasteiger partial charge in [-0.2, -0.15) is 4.98 Å². The number of imidazole rings is 2. The summed E-state index contributed by atoms with van der Waals surface area (Å²) in [7, 11) is 3.12. The fourth-order valence-electron chi connectivity index (χ4n) is 4.12. The average molecular weight is 399 g/mol. The molecule has 3 aromatic heterocycles. The van der Waals surface area contributed by atoms with Gasteiger partial charge in [-0.15, -0.1) is 0 Å². The number of fused-ring (bicyclic) bond motifs is 3. The van der Waals surface area contributed by atoms with Crippen LogP contribution in [0.25, 0.3) is 33.9 Å². The Hall–Kier alpha value is -3.87. The van der Waals surface area contributed by atoms with Crippen LogP contribution in [0.1, 0.15) is 11.1 Å². The summed E-state index contributed by atoms with van der Waals surface area (Å²) in [6.07, 6.45) is 1.92. The highest BCUT2D eigenvalue weighted by Gasteiger charge is 2.21. The molecule has 30 heavy (non-hydrogen) atoms. The highest BCUT2D eigenvalue weighted by atomic mass is 16.2. The van der Waals surface area contributed by atoms with E-state index in [1.165, 1.54) is 11.6 Å². The van der Waals surface area contributed by atoms with E-state index < -0.39 is 5.69 Å². The fourth-order valence-corrected chi connectivity index (χ4v) is 4.12. The predicted molar refractivity (Wildman–Crippen MR) is 117 cm³/mol. The molecule has 5 aromatic rings. The molecule has 0 saturated heterocycles. The van der Waals surface area contributed by atoms with Crippen molar-refractivity contribution in [2.24, 2.45) is 14.1 Å². The second kappa shape index (κ2) is 6.32. The Kier molecular flexibility index (Phi) is 3.83. The van der Waals surface area contributed by atoms with Gasteiger partial charge in [0.05, 0.1) is 5.69 Å². The lowest BCUT2D eigenvalue weighted by atomic mass is 10.1. The maximum absolute atomic E-state index is 13.0. The first-order chi connectivity index (χ1) is 14.4. The first kappa shape index (κ1) is 18.2. The molecule has 0 aliphatic carbocycles. The summed E-state index contributed by atoms with van der Waals surface area (Å²) in [4.78, 5) is 30.1. The van der Waals surface area contributed by atoms with Crippen LogP contribution < -0.4 is 11.2 Å². The molecular formula is C23H21N5O2. The SMILES string of the molecule is Cc1cc(C)cc(-n2c(-c3ccccc3)cn3c4c(=O)n(C)c(=O)n(C)c4nc23)c1. The lowest BCUT2D eigenvalue weighted by Crippen LogP contribution is -2.37. The molecule has 7 heteroatoms. The summed E-state index contributed by atoms with van der Waals surface area (Å²) < 4.78 is 6.36. The van der Waals surface area contributed by atoms with Gasteiger partial charge >= 0.3 is 5.69 Å². The van der Waals surface area contributed by atoms with Gasteiger partial charge in [-0.3, -0.25) is 22.9 Å². The van der Waals surface area contributed by atoms with Crippen molar-refractivity contribution >= 4 is 16.9 Å². The molecule has 0 spiro atoms. The van der Waals surface area contributed by atoms with Gasteiger partial charge in [-0.1, -0.05) is 36.4 Å². The van der Waals surface area contributed by atoms with E-state index in [0.717, 1.165) is 32.6 Å². The van der Waals surface area contributed by atoms with Crippen LogP contribution in [0.3, 0.4) is 0 Å². The molecule has 7 nitrogen and oxygen atoms in total. The third-order valence-electron chi connectivity index (χ3n) is 5.50. The van der Waals surface area contributed by atoms with E-state index in [2.05, 4.69) is 32.0 Å². The highest BCUT2D eigenvalue weighted by molar-refractivity contribution is 5.79. The quantitative estimate of drug-likeness (QED) is 0.458. The van der Waals surface area contributed by atoms with Gasteiger partial charge in [-0.25, -0.2) is 4.79 Å². The number of aryl methyl sites for hydroxylation is 3. The van der Waals surface area contributed by atoms with E-state index in [-0.39, 0.29) is 5.56 Å². The highest BCUT2D eigenvalue weighted by Crippen LogP contribution is 2.29. The zero-order valence-electron chi connectivity index (χ0n) is 17.2. The third kappa shape index (κ3) is 2.48. The van der Waals surface area contributed by atoms with Gasteiger partial charge in [0, 0.05) is 31.5 Å². The Bertz CT molecular complexity index is 1550. The maximum atomic E-state index is 13.0. The molecule has 0 aliphatic heterocycles. The minimum Gasteiger partial charge on any atom is -0.279 e. The molecule has 2 aromatic carbocycles. The van der Waals surface area contributed by atoms with Crippen LogP contribution in [-0.4, -0.2) is 23.1 Å². The van der Waals surface area contributed by atoms with E-state index in [1.807, 2.05) is 41.1 Å². The largest absolute Gasteiger partial charge is 0.332 e. The first-order valence-corrected chi connectivity index (χ1v) is 9.70. The van der Waals surface area contributed by atoms with E-state index >= 15 is 0 Å². The van der Waals surface area contributed by atoms with Crippen molar-refractivity contribution in [1.29, 1.82) is 0 Å². The zero-order chi connectivity index (χ0) is 21.2. The van der Waals surface area contributed by atoms with Crippen molar-refractivity contribution < 1.29 is 0 Å². The van der Waals surface area contributed by atoms with Crippen LogP contribution in [-0.2, 0) is 14.1 Å². The van der Waals surface area contributed by atoms with E-state index in [9.17, 15) is 9.59 Å². The van der Waals surface area contributed by atoms with Crippen LogP contribution in [0.15, 0.2) is 64.3 Å². The van der Waals surface area contributed by atoms with Crippen LogP contribution in [0.5, 0.6) is 0 Å². The summed E-state index contributed by atoms with van der Waals surface area (Å²) >= 11 is 0. The van der Waals surface area contributed by atoms with Crippen molar-refractivity contribution in [3.05, 3.63) is 86.7 Å². The van der Waals surface area contributed by atoms with Crippen LogP contribution >= 0.6 is 0 Å². The molecule has 0 radical (unpaired) electrons. The summed E-state index contributed by atoms with van der Waals surface area (Å²) in [6, 6.07) is 16.3. The van der Waals surface area contributed by atoms with Crippen molar-refractivity contribution in [2.75, 3.05) is 0 Å². The van der Waals surface area contributed by atoms with Gasteiger partial charge in [0.25, 0.3) is 5.56 Å². The van der Waals surface area contributed by atoms with Crippen LogP contribution in [0, 0.1) is 13.8 Å². The minimum atomic E-state index is -0.394. The standard InChI is InChI=1S/C23H21N5O2/c1-14-10-15(2)12-17(11-14)28-18(16-8-6-5-7-9-16)13-27-19-20(24-22(27)28)25(3)23(30)26(4)21(19)29/h5-13H,1-4H3. The number of rotatable bonds is 2. The van der Waals surface area contributed by atoms with Crippen LogP contribution in [0.2, 0.25) is 0 Å². The summed E-state index contributed by atoms with van der Waals surface area (Å²) in [5.41, 5.74) is 5.15. The zero-order valence-corrected chi connectivity index (χ0v) is 17.2. The molecular weight excluding hydrogens is 378 g/mol. The number of benzene rings is 2. The average Bonchev–Trinajstić information content (AvgIpc) is 3.27. The summed E-state index contributed by atoms with van der Waals surface area (Å²) in [5, 5.41) is 0. The first-order valence-electron chi connectivity index (χ1n) is 9.70. The lowest BCUT2D eigenvalue weighted by molar-refractivity contribution is 0.708. The molecule has 5 rings (SSSR count). The van der Waals surface area contributed by atoms with E-state index in [1.54, 1.807) is 11.4 Å². The molecule has 0 amide bonds. The molecule has 0 saturated carbocycles. The smallest absolute Gasteiger partial charge is 0.279 e. The Labute approximate surface area is 172 Å². The monoisotopic (exact) mass is 399 g/mol. The topological polar surface area (TPSA) is 66.2 Å². The lowest BCUT2D eigenvalue weighted by Gasteiger charge is -2.11. The molecule has 0 N–H and O–H groups in total. The molecule has 0 aliphatic rings. The number of hydrogen-bond acceptors (Lipinski definition) is 3. The van der Waals surface area contributed by atoms with E-state index in [0.29, 0.717) is 16.9 Å². The van der Waals surface area contributed by atoms with Crippen LogP contribution in [0.4, 0.5) is 0 Å². The number of nitrogens with zero attached hydrogens (tertiary/aromatic N) is 5. The normalized spacial score (nSPS) is 11.6. The Morgan fingerprint density at radius 1 is 0.867 bits per heavy atom. The maximum Gasteiger partial charge on any atom is 0.332 e. The number of hydrogen-bond donors (Lipinski definition) is 0. The predicted octanol–water partition coefficient (Wildman–Crippen LogP) is 2.96. The van der Waals surface area contributed by atoms with Crippen molar-refractivity contribution in [1.82, 2.24) is 23.1 Å². The Morgan fingerprint density at radius 2 is 1.53 bits per heavy atom. The van der Waals surface area contributed by atoms with Gasteiger partial charge in [0.2, 0.25) is 5.78 Å². The van der Waals surface area contributed by atoms with Gasteiger partial charge in [0.1, 0.15) is 0 Å². The minimum absolute atomic E-state index is 0.363. The van der Waals surface area contributed by atoms with E-state index in [4.69, 9.17) is 4.98 Å². The molecule has 0 unspecified atom stereocenters. The third-order valence-corrected chi connectivity index (χ3v) is 5.50. The molecule has 0 atom stereocenters. The second-order valence-electron chi connectivity index (χ2n) is 7.72. The Balaban J connectivity index is 2.00. The molecule has 0 fully saturated rings. The van der Waals surface area contributed by atoms with Crippen molar-refractivity contribution in [3.63, 3.8) is 0 Å². The summed E-state index contributed by atoms with van der Waals surface area (Å²) in [5.74, 6) is 0.590. The van der Waals surface area contributed by atoms with Gasteiger partial charge in [0.15, 0.2) is 11.2 Å². The fraction of sp³-hybridized carbons (Fsp3) is 0.174. The summed E-state index contributed by atoms with van der Waals surface area (Å²) in [6.45, 7) is 4.11. The second-order valence-corrected chi connectivity index (χ2v) is 7.72. The van der Waals surface area contributed by atoms with Crippen molar-refractivity contribution in [2.45, 2.75) is 13.8 Å². The number of aromatic nitrogens is 5. The molecule has 0 bridgehead atoms. The van der Waals surface area contributed by atoms with Crippen molar-refractivity contribution in [3.8, 4) is 16.9 Å². The molecule has 3 heterocycles. The Morgan fingerprint density at radius 3 is 2.20 bits per heavy atom. The van der Waals surface area contributed by atoms with Gasteiger partial charge in [-0.05, 0) is 37.1 Å². The van der Waals surface area contributed by atoms with Gasteiger partial charge < -0.3 is 0 Å². The molecule has 150 valence electrons.